The Morgan fingerprint density at radius 1 is 1.22 bits per heavy atom. The predicted octanol–water partition coefficient (Wildman–Crippen LogP) is 3.90. The maximum atomic E-state index is 5.65. The number of thiol groups is 1. The zero-order chi connectivity index (χ0) is 13.0. The first-order valence-corrected chi connectivity index (χ1v) is 6.90. The topological polar surface area (TPSA) is 18.5 Å². The minimum Gasteiger partial charge on any atom is -0.497 e. The number of benzene rings is 1. The summed E-state index contributed by atoms with van der Waals surface area (Å²) in [6.07, 6.45) is 6.93. The summed E-state index contributed by atoms with van der Waals surface area (Å²) < 4.78 is 10.8. The largest absolute Gasteiger partial charge is 0.497 e. The van der Waals surface area contributed by atoms with Gasteiger partial charge in [-0.3, -0.25) is 0 Å². The van der Waals surface area contributed by atoms with E-state index in [1.54, 1.807) is 26.0 Å². The fourth-order valence-electron chi connectivity index (χ4n) is 1.71. The SMILES string of the molecule is COc1ccc(SC2(OC)C=CC(S)=CC2)cc1. The Morgan fingerprint density at radius 2 is 1.94 bits per heavy atom. The molecule has 1 atom stereocenters. The third kappa shape index (κ3) is 3.13. The van der Waals surface area contributed by atoms with Gasteiger partial charge in [0.25, 0.3) is 0 Å². The molecular weight excluding hydrogens is 264 g/mol. The first-order valence-electron chi connectivity index (χ1n) is 5.64. The average Bonchev–Trinajstić information content (AvgIpc) is 2.43. The van der Waals surface area contributed by atoms with E-state index in [1.807, 2.05) is 30.3 Å². The van der Waals surface area contributed by atoms with Crippen LogP contribution in [0.25, 0.3) is 0 Å². The second kappa shape index (κ2) is 5.87. The van der Waals surface area contributed by atoms with Crippen LogP contribution in [0.15, 0.2) is 52.3 Å². The smallest absolute Gasteiger partial charge is 0.140 e. The fourth-order valence-corrected chi connectivity index (χ4v) is 2.93. The van der Waals surface area contributed by atoms with Crippen LogP contribution in [0.2, 0.25) is 0 Å². The molecule has 0 N–H and O–H groups in total. The summed E-state index contributed by atoms with van der Waals surface area (Å²) >= 11 is 6.01. The van der Waals surface area contributed by atoms with Crippen molar-refractivity contribution < 1.29 is 9.47 Å². The molecule has 2 nitrogen and oxygen atoms in total. The van der Waals surface area contributed by atoms with Crippen molar-refractivity contribution in [2.45, 2.75) is 16.2 Å². The molecule has 0 aliphatic heterocycles. The molecule has 0 amide bonds. The quantitative estimate of drug-likeness (QED) is 0.666. The van der Waals surface area contributed by atoms with Gasteiger partial charge in [0.1, 0.15) is 10.7 Å². The van der Waals surface area contributed by atoms with E-state index in [4.69, 9.17) is 9.47 Å². The normalized spacial score (nSPS) is 22.7. The molecule has 0 heterocycles. The van der Waals surface area contributed by atoms with Gasteiger partial charge in [-0.05, 0) is 41.3 Å². The zero-order valence-electron chi connectivity index (χ0n) is 10.4. The second-order valence-electron chi connectivity index (χ2n) is 3.96. The average molecular weight is 280 g/mol. The highest BCUT2D eigenvalue weighted by molar-refractivity contribution is 8.00. The van der Waals surface area contributed by atoms with Crippen LogP contribution >= 0.6 is 24.4 Å². The lowest BCUT2D eigenvalue weighted by Gasteiger charge is -2.29. The van der Waals surface area contributed by atoms with E-state index in [0.29, 0.717) is 0 Å². The molecule has 0 saturated heterocycles. The summed E-state index contributed by atoms with van der Waals surface area (Å²) in [5.74, 6) is 0.863. The first kappa shape index (κ1) is 13.6. The van der Waals surface area contributed by atoms with E-state index in [2.05, 4.69) is 24.8 Å². The first-order chi connectivity index (χ1) is 8.67. The van der Waals surface area contributed by atoms with Gasteiger partial charge in [-0.1, -0.05) is 17.8 Å². The molecule has 1 aliphatic rings. The summed E-state index contributed by atoms with van der Waals surface area (Å²) in [5.41, 5.74) is 0. The molecule has 0 radical (unpaired) electrons. The maximum absolute atomic E-state index is 5.65. The van der Waals surface area contributed by atoms with E-state index in [9.17, 15) is 0 Å². The van der Waals surface area contributed by atoms with Crippen LogP contribution in [0, 0.1) is 0 Å². The maximum Gasteiger partial charge on any atom is 0.140 e. The molecule has 0 bridgehead atoms. The second-order valence-corrected chi connectivity index (χ2v) is 5.84. The molecule has 0 fully saturated rings. The molecule has 18 heavy (non-hydrogen) atoms. The van der Waals surface area contributed by atoms with Gasteiger partial charge in [0.2, 0.25) is 0 Å². The van der Waals surface area contributed by atoms with Crippen molar-refractivity contribution in [2.75, 3.05) is 14.2 Å². The Hall–Kier alpha value is -0.840. The van der Waals surface area contributed by atoms with Gasteiger partial charge in [-0.2, -0.15) is 0 Å². The van der Waals surface area contributed by atoms with E-state index in [0.717, 1.165) is 22.0 Å². The summed E-state index contributed by atoms with van der Waals surface area (Å²) in [4.78, 5) is 1.80. The van der Waals surface area contributed by atoms with E-state index >= 15 is 0 Å². The summed E-state index contributed by atoms with van der Waals surface area (Å²) in [7, 11) is 3.40. The molecule has 0 spiro atoms. The zero-order valence-corrected chi connectivity index (χ0v) is 12.1. The molecular formula is C14H16O2S2. The Morgan fingerprint density at radius 3 is 2.44 bits per heavy atom. The van der Waals surface area contributed by atoms with Crippen molar-refractivity contribution >= 4 is 24.4 Å². The summed E-state index contributed by atoms with van der Waals surface area (Å²) in [5, 5.41) is 0. The number of hydrogen-bond donors (Lipinski definition) is 1. The highest BCUT2D eigenvalue weighted by Gasteiger charge is 2.29. The minimum absolute atomic E-state index is 0.333. The van der Waals surface area contributed by atoms with E-state index in [-0.39, 0.29) is 4.93 Å². The lowest BCUT2D eigenvalue weighted by Crippen LogP contribution is -2.25. The number of rotatable bonds is 4. The van der Waals surface area contributed by atoms with E-state index < -0.39 is 0 Å². The lowest BCUT2D eigenvalue weighted by atomic mass is 10.1. The highest BCUT2D eigenvalue weighted by atomic mass is 32.2. The van der Waals surface area contributed by atoms with Crippen molar-refractivity contribution in [3.8, 4) is 5.75 Å². The predicted molar refractivity (Wildman–Crippen MR) is 79.4 cm³/mol. The number of hydrogen-bond acceptors (Lipinski definition) is 4. The van der Waals surface area contributed by atoms with Gasteiger partial charge in [-0.15, -0.1) is 12.6 Å². The Bertz CT molecular complexity index is 465. The molecule has 0 saturated carbocycles. The van der Waals surface area contributed by atoms with Crippen LogP contribution < -0.4 is 4.74 Å². The third-order valence-corrected chi connectivity index (χ3v) is 4.45. The monoisotopic (exact) mass is 280 g/mol. The van der Waals surface area contributed by atoms with Crippen LogP contribution in [0.3, 0.4) is 0 Å². The number of thioether (sulfide) groups is 1. The van der Waals surface area contributed by atoms with E-state index in [1.165, 1.54) is 0 Å². The summed E-state index contributed by atoms with van der Waals surface area (Å²) in [6.45, 7) is 0. The Kier molecular flexibility index (Phi) is 4.43. The molecule has 1 aliphatic carbocycles. The van der Waals surface area contributed by atoms with Crippen molar-refractivity contribution in [1.29, 1.82) is 0 Å². The molecule has 0 aromatic heterocycles. The van der Waals surface area contributed by atoms with Crippen LogP contribution in [-0.2, 0) is 4.74 Å². The Balaban J connectivity index is 2.13. The van der Waals surface area contributed by atoms with Crippen LogP contribution in [0.4, 0.5) is 0 Å². The van der Waals surface area contributed by atoms with Crippen molar-refractivity contribution in [1.82, 2.24) is 0 Å². The van der Waals surface area contributed by atoms with Gasteiger partial charge >= 0.3 is 0 Å². The van der Waals surface area contributed by atoms with Gasteiger partial charge < -0.3 is 9.47 Å². The van der Waals surface area contributed by atoms with Crippen LogP contribution in [-0.4, -0.2) is 19.2 Å². The lowest BCUT2D eigenvalue weighted by molar-refractivity contribution is 0.113. The van der Waals surface area contributed by atoms with Gasteiger partial charge in [0.05, 0.1) is 7.11 Å². The number of methoxy groups -OCH3 is 2. The van der Waals surface area contributed by atoms with Crippen molar-refractivity contribution in [2.24, 2.45) is 0 Å². The van der Waals surface area contributed by atoms with Crippen molar-refractivity contribution in [3.63, 3.8) is 0 Å². The number of ether oxygens (including phenoxy) is 2. The van der Waals surface area contributed by atoms with Crippen molar-refractivity contribution in [3.05, 3.63) is 47.4 Å². The third-order valence-electron chi connectivity index (χ3n) is 2.80. The van der Waals surface area contributed by atoms with Gasteiger partial charge in [-0.25, -0.2) is 0 Å². The number of allylic oxidation sites excluding steroid dienone is 1. The van der Waals surface area contributed by atoms with Gasteiger partial charge in [0.15, 0.2) is 0 Å². The molecule has 2 rings (SSSR count). The Labute approximate surface area is 117 Å². The van der Waals surface area contributed by atoms with Gasteiger partial charge in [0, 0.05) is 18.4 Å². The summed E-state index contributed by atoms with van der Waals surface area (Å²) in [6, 6.07) is 7.99. The molecule has 4 heteroatoms. The minimum atomic E-state index is -0.333. The molecule has 1 aromatic rings. The van der Waals surface area contributed by atoms with Crippen LogP contribution in [0.1, 0.15) is 6.42 Å². The molecule has 1 aromatic carbocycles. The van der Waals surface area contributed by atoms with Crippen LogP contribution in [0.5, 0.6) is 5.75 Å². The molecule has 1 unspecified atom stereocenters. The standard InChI is InChI=1S/C14H16O2S2/c1-15-11-3-5-13(6-4-11)18-14(16-2)9-7-12(17)8-10-14/h3-9,17H,10H2,1-2H3. The highest BCUT2D eigenvalue weighted by Crippen LogP contribution is 2.41. The fraction of sp³-hybridized carbons (Fsp3) is 0.286. The molecule has 96 valence electrons.